The van der Waals surface area contributed by atoms with Crippen LogP contribution in [-0.2, 0) is 17.8 Å². The van der Waals surface area contributed by atoms with E-state index in [0.29, 0.717) is 17.5 Å². The summed E-state index contributed by atoms with van der Waals surface area (Å²) in [7, 11) is 0. The van der Waals surface area contributed by atoms with Gasteiger partial charge >= 0.3 is 0 Å². The first-order chi connectivity index (χ1) is 13.7. The molecule has 5 nitrogen and oxygen atoms in total. The second-order valence-electron chi connectivity index (χ2n) is 8.19. The number of aromatic nitrogens is 1. The van der Waals surface area contributed by atoms with Gasteiger partial charge in [0.05, 0.1) is 17.7 Å². The third kappa shape index (κ3) is 3.66. The van der Waals surface area contributed by atoms with Crippen LogP contribution in [0.15, 0.2) is 24.3 Å². The summed E-state index contributed by atoms with van der Waals surface area (Å²) in [6, 6.07) is 10.9. The van der Waals surface area contributed by atoms with E-state index in [-0.39, 0.29) is 6.04 Å². The molecule has 3 heterocycles. The van der Waals surface area contributed by atoms with Crippen molar-refractivity contribution in [1.82, 2.24) is 14.8 Å². The Morgan fingerprint density at radius 3 is 2.93 bits per heavy atom. The van der Waals surface area contributed by atoms with E-state index in [2.05, 4.69) is 39.9 Å². The molecule has 0 saturated carbocycles. The van der Waals surface area contributed by atoms with Crippen LogP contribution in [0.1, 0.15) is 56.7 Å². The lowest BCUT2D eigenvalue weighted by atomic mass is 10.1. The van der Waals surface area contributed by atoms with E-state index in [4.69, 9.17) is 0 Å². The summed E-state index contributed by atoms with van der Waals surface area (Å²) in [4.78, 5) is 15.0. The molecule has 2 atom stereocenters. The summed E-state index contributed by atoms with van der Waals surface area (Å²) in [5.41, 5.74) is 3.20. The number of nitriles is 1. The highest BCUT2D eigenvalue weighted by molar-refractivity contribution is 5.83. The molecular weight excluding hydrogens is 348 g/mol. The maximum absolute atomic E-state index is 12.9. The number of rotatable bonds is 6. The fourth-order valence-corrected chi connectivity index (χ4v) is 4.91. The van der Waals surface area contributed by atoms with E-state index in [1.54, 1.807) is 0 Å². The third-order valence-electron chi connectivity index (χ3n) is 6.32. The lowest BCUT2D eigenvalue weighted by Gasteiger charge is -2.27. The fourth-order valence-electron chi connectivity index (χ4n) is 4.91. The maximum Gasteiger partial charge on any atom is 0.239 e. The zero-order chi connectivity index (χ0) is 19.5. The molecule has 148 valence electrons. The molecule has 0 spiro atoms. The molecule has 0 bridgehead atoms. The van der Waals surface area contributed by atoms with Gasteiger partial charge in [0.15, 0.2) is 0 Å². The highest BCUT2D eigenvalue weighted by Crippen LogP contribution is 2.27. The Bertz CT molecular complexity index is 888. The predicted molar refractivity (Wildman–Crippen MR) is 111 cm³/mol. The van der Waals surface area contributed by atoms with Crippen molar-refractivity contribution in [3.05, 3.63) is 35.5 Å². The first-order valence-corrected chi connectivity index (χ1v) is 10.8. The number of hydrogen-bond acceptors (Lipinski definition) is 3. The van der Waals surface area contributed by atoms with Crippen LogP contribution in [0.4, 0.5) is 0 Å². The molecule has 1 aromatic carbocycles. The zero-order valence-electron chi connectivity index (χ0n) is 16.8. The molecule has 2 aliphatic rings. The molecule has 5 heteroatoms. The molecule has 28 heavy (non-hydrogen) atoms. The van der Waals surface area contributed by atoms with Gasteiger partial charge in [0.2, 0.25) is 5.91 Å². The van der Waals surface area contributed by atoms with Crippen molar-refractivity contribution in [3.63, 3.8) is 0 Å². The Morgan fingerprint density at radius 2 is 2.18 bits per heavy atom. The van der Waals surface area contributed by atoms with Gasteiger partial charge < -0.3 is 14.8 Å². The number of amides is 1. The van der Waals surface area contributed by atoms with Crippen LogP contribution in [0.2, 0.25) is 0 Å². The molecule has 1 aromatic heterocycles. The van der Waals surface area contributed by atoms with E-state index in [9.17, 15) is 10.1 Å². The Kier molecular flexibility index (Phi) is 5.68. The number of nitrogens with one attached hydrogen (secondary N) is 1. The average molecular weight is 379 g/mol. The molecule has 0 radical (unpaired) electrons. The lowest BCUT2D eigenvalue weighted by Crippen LogP contribution is -2.45. The van der Waals surface area contributed by atoms with Crippen LogP contribution >= 0.6 is 0 Å². The van der Waals surface area contributed by atoms with Gasteiger partial charge in [-0.05, 0) is 75.1 Å². The van der Waals surface area contributed by atoms with Gasteiger partial charge in [0, 0.05) is 30.3 Å². The summed E-state index contributed by atoms with van der Waals surface area (Å²) in [6.45, 7) is 5.03. The number of fused-ring (bicyclic) bond motifs is 1. The highest BCUT2D eigenvalue weighted by atomic mass is 16.2. The van der Waals surface area contributed by atoms with Crippen molar-refractivity contribution in [2.24, 2.45) is 0 Å². The number of benzene rings is 1. The second kappa shape index (κ2) is 8.36. The number of hydrogen-bond donors (Lipinski definition) is 1. The molecule has 2 aliphatic heterocycles. The number of aryl methyl sites for hydroxylation is 2. The van der Waals surface area contributed by atoms with Gasteiger partial charge in [-0.3, -0.25) is 4.79 Å². The second-order valence-corrected chi connectivity index (χ2v) is 8.19. The van der Waals surface area contributed by atoms with Crippen LogP contribution in [0, 0.1) is 11.3 Å². The summed E-state index contributed by atoms with van der Waals surface area (Å²) in [6.07, 6.45) is 7.38. The van der Waals surface area contributed by atoms with Crippen molar-refractivity contribution in [2.75, 3.05) is 13.1 Å². The fraction of sp³-hybridized carbons (Fsp3) is 0.565. The lowest BCUT2D eigenvalue weighted by molar-refractivity contribution is -0.134. The number of likely N-dealkylation sites (tertiary alicyclic amines) is 1. The van der Waals surface area contributed by atoms with Crippen molar-refractivity contribution in [2.45, 2.75) is 70.5 Å². The Morgan fingerprint density at radius 1 is 1.29 bits per heavy atom. The molecule has 0 aliphatic carbocycles. The molecule has 1 amide bonds. The zero-order valence-corrected chi connectivity index (χ0v) is 16.8. The molecule has 1 N–H and O–H groups in total. The number of nitrogens with zero attached hydrogens (tertiary/aromatic N) is 3. The monoisotopic (exact) mass is 378 g/mol. The largest absolute Gasteiger partial charge is 0.345 e. The van der Waals surface area contributed by atoms with Crippen LogP contribution in [0.5, 0.6) is 0 Å². The van der Waals surface area contributed by atoms with E-state index in [1.165, 1.54) is 11.1 Å². The minimum absolute atomic E-state index is 0.0385. The average Bonchev–Trinajstić information content (AvgIpc) is 3.46. The summed E-state index contributed by atoms with van der Waals surface area (Å²) in [5.74, 6) is 0.313. The van der Waals surface area contributed by atoms with Crippen LogP contribution < -0.4 is 5.32 Å². The van der Waals surface area contributed by atoms with Crippen molar-refractivity contribution in [3.8, 4) is 6.07 Å². The Hall–Kier alpha value is -2.32. The van der Waals surface area contributed by atoms with Gasteiger partial charge in [-0.1, -0.05) is 13.0 Å². The van der Waals surface area contributed by atoms with E-state index in [1.807, 2.05) is 12.1 Å². The quantitative estimate of drug-likeness (QED) is 0.835. The molecule has 4 rings (SSSR count). The van der Waals surface area contributed by atoms with E-state index in [0.717, 1.165) is 70.1 Å². The minimum atomic E-state index is 0.0385. The van der Waals surface area contributed by atoms with Gasteiger partial charge in [-0.2, -0.15) is 5.26 Å². The maximum atomic E-state index is 12.9. The minimum Gasteiger partial charge on any atom is -0.345 e. The van der Waals surface area contributed by atoms with Gasteiger partial charge in [0.1, 0.15) is 0 Å². The normalized spacial score (nSPS) is 22.1. The SMILES string of the molecule is CCCn1c(CC[C@@H]2CCCN2C(=O)[C@H]2CCCN2)cc2ccc(C#N)cc21. The van der Waals surface area contributed by atoms with E-state index < -0.39 is 0 Å². The van der Waals surface area contributed by atoms with Crippen molar-refractivity contribution in [1.29, 1.82) is 5.26 Å². The first kappa shape index (κ1) is 19.0. The number of carbonyl (C=O) groups is 1. The van der Waals surface area contributed by atoms with Crippen LogP contribution in [-0.4, -0.2) is 40.5 Å². The molecule has 0 unspecified atom stereocenters. The summed E-state index contributed by atoms with van der Waals surface area (Å²) < 4.78 is 2.37. The van der Waals surface area contributed by atoms with Gasteiger partial charge in [-0.25, -0.2) is 0 Å². The third-order valence-corrected chi connectivity index (χ3v) is 6.32. The highest BCUT2D eigenvalue weighted by Gasteiger charge is 2.34. The smallest absolute Gasteiger partial charge is 0.239 e. The van der Waals surface area contributed by atoms with Crippen LogP contribution in [0.25, 0.3) is 10.9 Å². The van der Waals surface area contributed by atoms with Gasteiger partial charge in [0.25, 0.3) is 0 Å². The summed E-state index contributed by atoms with van der Waals surface area (Å²) in [5, 5.41) is 13.8. The van der Waals surface area contributed by atoms with Crippen LogP contribution in [0.3, 0.4) is 0 Å². The van der Waals surface area contributed by atoms with Crippen molar-refractivity contribution < 1.29 is 4.79 Å². The van der Waals surface area contributed by atoms with E-state index >= 15 is 0 Å². The number of carbonyl (C=O) groups excluding carboxylic acids is 1. The topological polar surface area (TPSA) is 61.1 Å². The molecule has 2 aromatic rings. The van der Waals surface area contributed by atoms with Crippen molar-refractivity contribution >= 4 is 16.8 Å². The first-order valence-electron chi connectivity index (χ1n) is 10.8. The Balaban J connectivity index is 1.50. The summed E-state index contributed by atoms with van der Waals surface area (Å²) >= 11 is 0. The molecule has 2 saturated heterocycles. The molecule has 2 fully saturated rings. The Labute approximate surface area is 167 Å². The van der Waals surface area contributed by atoms with Gasteiger partial charge in [-0.15, -0.1) is 0 Å². The predicted octanol–water partition coefficient (Wildman–Crippen LogP) is 3.60. The standard InChI is InChI=1S/C23H30N4O/c1-2-12-26-20(15-18-8-7-17(16-24)14-22(18)26)10-9-19-5-4-13-27(19)23(28)21-6-3-11-25-21/h7-8,14-15,19,21,25H,2-6,9-13H2,1H3/t19-,21+/m0/s1. The molecular formula is C23H30N4O.